The van der Waals surface area contributed by atoms with E-state index in [1.807, 2.05) is 0 Å². The van der Waals surface area contributed by atoms with Gasteiger partial charge >= 0.3 is 11.9 Å². The molecule has 82 valence electrons. The van der Waals surface area contributed by atoms with Crippen molar-refractivity contribution in [2.24, 2.45) is 0 Å². The van der Waals surface area contributed by atoms with Crippen LogP contribution in [-0.4, -0.2) is 33.6 Å². The van der Waals surface area contributed by atoms with Gasteiger partial charge in [0.05, 0.1) is 12.9 Å². The summed E-state index contributed by atoms with van der Waals surface area (Å²) in [7, 11) is 0. The third-order valence-corrected chi connectivity index (χ3v) is 1.05. The van der Waals surface area contributed by atoms with Gasteiger partial charge in [-0.1, -0.05) is 0 Å². The number of carboxylic acid groups (broad SMARTS) is 1. The summed E-state index contributed by atoms with van der Waals surface area (Å²) in [6.07, 6.45) is 6.68. The number of aliphatic carboxylic acids is 1. The van der Waals surface area contributed by atoms with Gasteiger partial charge in [0.1, 0.15) is 0 Å². The van der Waals surface area contributed by atoms with Gasteiger partial charge in [-0.15, -0.1) is 0 Å². The number of hydrogen-bond acceptors (Lipinski definition) is 4. The molecule has 0 atom stereocenters. The Hall–Kier alpha value is -2.11. The number of imidazole rings is 1. The quantitative estimate of drug-likeness (QED) is 0.565. The van der Waals surface area contributed by atoms with Crippen molar-refractivity contribution in [2.45, 2.75) is 6.92 Å². The first-order valence-corrected chi connectivity index (χ1v) is 4.17. The lowest BCUT2D eigenvalue weighted by Crippen LogP contribution is -2.00. The van der Waals surface area contributed by atoms with E-state index in [0.717, 1.165) is 12.2 Å². The first-order valence-electron chi connectivity index (χ1n) is 4.17. The molecule has 1 aromatic heterocycles. The molecule has 0 radical (unpaired) electrons. The van der Waals surface area contributed by atoms with Crippen molar-refractivity contribution < 1.29 is 19.4 Å². The number of aromatic amines is 1. The summed E-state index contributed by atoms with van der Waals surface area (Å²) in [5.41, 5.74) is 0. The van der Waals surface area contributed by atoms with Crippen LogP contribution in [0.2, 0.25) is 0 Å². The highest BCUT2D eigenvalue weighted by Gasteiger charge is 1.94. The van der Waals surface area contributed by atoms with Crippen LogP contribution in [0.4, 0.5) is 0 Å². The summed E-state index contributed by atoms with van der Waals surface area (Å²) in [4.78, 5) is 26.6. The number of H-pyrrole nitrogens is 1. The van der Waals surface area contributed by atoms with E-state index in [9.17, 15) is 9.59 Å². The second-order valence-corrected chi connectivity index (χ2v) is 2.18. The standard InChI is InChI=1S/C6H8O4.C3H4N2/c1-2-10-6(9)4-3-5(7)8;1-2-5-3-4-1/h3-4H,2H2,1H3,(H,7,8);1-3H,(H,4,5)/b4-3-;. The monoisotopic (exact) mass is 212 g/mol. The number of ether oxygens (including phenoxy) is 1. The maximum atomic E-state index is 10.4. The third-order valence-electron chi connectivity index (χ3n) is 1.05. The van der Waals surface area contributed by atoms with E-state index in [1.165, 1.54) is 0 Å². The largest absolute Gasteiger partial charge is 0.478 e. The number of nitrogens with one attached hydrogen (secondary N) is 1. The minimum atomic E-state index is -1.16. The molecule has 1 aromatic rings. The Morgan fingerprint density at radius 1 is 1.53 bits per heavy atom. The van der Waals surface area contributed by atoms with Gasteiger partial charge in [0.15, 0.2) is 0 Å². The number of rotatable bonds is 3. The van der Waals surface area contributed by atoms with Crippen molar-refractivity contribution in [1.82, 2.24) is 9.97 Å². The van der Waals surface area contributed by atoms with Gasteiger partial charge in [0.25, 0.3) is 0 Å². The molecule has 0 fully saturated rings. The molecule has 2 N–H and O–H groups in total. The first kappa shape index (κ1) is 12.9. The molecule has 6 heteroatoms. The maximum Gasteiger partial charge on any atom is 0.330 e. The molecule has 0 saturated carbocycles. The topological polar surface area (TPSA) is 92.3 Å². The summed E-state index contributed by atoms with van der Waals surface area (Å²) < 4.78 is 4.40. The molecule has 0 spiro atoms. The van der Waals surface area contributed by atoms with Gasteiger partial charge < -0.3 is 14.8 Å². The Morgan fingerprint density at radius 3 is 2.60 bits per heavy atom. The Kier molecular flexibility index (Phi) is 7.29. The van der Waals surface area contributed by atoms with Crippen LogP contribution in [0.25, 0.3) is 0 Å². The summed E-state index contributed by atoms with van der Waals surface area (Å²) in [6.45, 7) is 1.90. The number of nitrogens with zero attached hydrogens (tertiary/aromatic N) is 1. The van der Waals surface area contributed by atoms with E-state index >= 15 is 0 Å². The third kappa shape index (κ3) is 9.81. The molecule has 0 amide bonds. The zero-order chi connectivity index (χ0) is 11.5. The van der Waals surface area contributed by atoms with E-state index in [0.29, 0.717) is 0 Å². The molecule has 0 aliphatic rings. The minimum absolute atomic E-state index is 0.253. The van der Waals surface area contributed by atoms with Gasteiger partial charge in [-0.3, -0.25) is 0 Å². The lowest BCUT2D eigenvalue weighted by Gasteiger charge is -1.92. The van der Waals surface area contributed by atoms with Crippen molar-refractivity contribution in [2.75, 3.05) is 6.61 Å². The van der Waals surface area contributed by atoms with E-state index < -0.39 is 11.9 Å². The maximum absolute atomic E-state index is 10.4. The van der Waals surface area contributed by atoms with Gasteiger partial charge in [-0.25, -0.2) is 14.6 Å². The van der Waals surface area contributed by atoms with Gasteiger partial charge in [-0.05, 0) is 6.92 Å². The number of hydrogen-bond donors (Lipinski definition) is 2. The molecule has 1 rings (SSSR count). The zero-order valence-electron chi connectivity index (χ0n) is 8.21. The van der Waals surface area contributed by atoms with Gasteiger partial charge in [0, 0.05) is 24.5 Å². The summed E-state index contributed by atoms with van der Waals surface area (Å²) in [5.74, 6) is -1.79. The predicted molar refractivity (Wildman–Crippen MR) is 52.0 cm³/mol. The lowest BCUT2D eigenvalue weighted by atomic mass is 10.5. The number of carbonyl (C=O) groups is 2. The van der Waals surface area contributed by atoms with Crippen molar-refractivity contribution >= 4 is 11.9 Å². The average Bonchev–Trinajstić information content (AvgIpc) is 2.73. The van der Waals surface area contributed by atoms with E-state index in [1.54, 1.807) is 25.6 Å². The van der Waals surface area contributed by atoms with Crippen LogP contribution in [-0.2, 0) is 14.3 Å². The Morgan fingerprint density at radius 2 is 2.27 bits per heavy atom. The number of carbonyl (C=O) groups excluding carboxylic acids is 1. The van der Waals surface area contributed by atoms with Crippen molar-refractivity contribution in [1.29, 1.82) is 0 Å². The lowest BCUT2D eigenvalue weighted by molar-refractivity contribution is -0.138. The Bertz CT molecular complexity index is 289. The highest BCUT2D eigenvalue weighted by Crippen LogP contribution is 1.80. The minimum Gasteiger partial charge on any atom is -0.478 e. The number of carboxylic acids is 1. The van der Waals surface area contributed by atoms with Crippen molar-refractivity contribution in [3.05, 3.63) is 30.9 Å². The molecule has 15 heavy (non-hydrogen) atoms. The van der Waals surface area contributed by atoms with Crippen molar-refractivity contribution in [3.63, 3.8) is 0 Å². The number of aromatic nitrogens is 2. The van der Waals surface area contributed by atoms with Gasteiger partial charge in [0.2, 0.25) is 0 Å². The molecule has 0 unspecified atom stereocenters. The van der Waals surface area contributed by atoms with Crippen molar-refractivity contribution in [3.8, 4) is 0 Å². The zero-order valence-corrected chi connectivity index (χ0v) is 8.21. The van der Waals surface area contributed by atoms with E-state index in [4.69, 9.17) is 5.11 Å². The normalized spacial score (nSPS) is 9.13. The highest BCUT2D eigenvalue weighted by molar-refractivity contribution is 5.90. The molecule has 0 aliphatic carbocycles. The average molecular weight is 212 g/mol. The van der Waals surface area contributed by atoms with Crippen LogP contribution in [0.15, 0.2) is 30.9 Å². The second-order valence-electron chi connectivity index (χ2n) is 2.18. The second kappa shape index (κ2) is 8.49. The fourth-order valence-electron chi connectivity index (χ4n) is 0.545. The molecular formula is C9H12N2O4. The molecular weight excluding hydrogens is 200 g/mol. The van der Waals surface area contributed by atoms with Crippen LogP contribution < -0.4 is 0 Å². The van der Waals surface area contributed by atoms with E-state index in [-0.39, 0.29) is 6.61 Å². The smallest absolute Gasteiger partial charge is 0.330 e. The highest BCUT2D eigenvalue weighted by atomic mass is 16.5. The summed E-state index contributed by atoms with van der Waals surface area (Å²) in [6, 6.07) is 0. The molecule has 6 nitrogen and oxygen atoms in total. The fourth-order valence-corrected chi connectivity index (χ4v) is 0.545. The van der Waals surface area contributed by atoms with Crippen LogP contribution in [0.1, 0.15) is 6.92 Å². The van der Waals surface area contributed by atoms with Gasteiger partial charge in [-0.2, -0.15) is 0 Å². The van der Waals surface area contributed by atoms with Crippen LogP contribution >= 0.6 is 0 Å². The summed E-state index contributed by atoms with van der Waals surface area (Å²) >= 11 is 0. The van der Waals surface area contributed by atoms with Crippen LogP contribution in [0.3, 0.4) is 0 Å². The SMILES string of the molecule is CCOC(=O)/C=C\C(=O)O.c1c[nH]cn1. The van der Waals surface area contributed by atoms with Crippen LogP contribution in [0, 0.1) is 0 Å². The fraction of sp³-hybridized carbons (Fsp3) is 0.222. The number of esters is 1. The van der Waals surface area contributed by atoms with E-state index in [2.05, 4.69) is 14.7 Å². The Balaban J connectivity index is 0.000000322. The predicted octanol–water partition coefficient (Wildman–Crippen LogP) is 0.600. The first-order chi connectivity index (χ1) is 7.16. The molecule has 0 aliphatic heterocycles. The summed E-state index contributed by atoms with van der Waals surface area (Å²) in [5, 5.41) is 8.04. The molecule has 1 heterocycles. The Labute approximate surface area is 86.6 Å². The van der Waals surface area contributed by atoms with Crippen LogP contribution in [0.5, 0.6) is 0 Å². The molecule has 0 saturated heterocycles. The molecule has 0 bridgehead atoms. The molecule has 0 aromatic carbocycles.